The van der Waals surface area contributed by atoms with Crippen LogP contribution in [-0.4, -0.2) is 21.3 Å². The first-order chi connectivity index (χ1) is 11.4. The zero-order valence-electron chi connectivity index (χ0n) is 14.1. The summed E-state index contributed by atoms with van der Waals surface area (Å²) < 4.78 is 2.80. The van der Waals surface area contributed by atoms with E-state index in [0.717, 1.165) is 52.6 Å². The van der Waals surface area contributed by atoms with Gasteiger partial charge in [0.05, 0.1) is 16.8 Å². The van der Waals surface area contributed by atoms with E-state index < -0.39 is 0 Å². The fourth-order valence-corrected chi connectivity index (χ4v) is 4.46. The molecule has 0 radical (unpaired) electrons. The van der Waals surface area contributed by atoms with Gasteiger partial charge in [-0.1, -0.05) is 37.0 Å². The van der Waals surface area contributed by atoms with Gasteiger partial charge in [-0.15, -0.1) is 0 Å². The van der Waals surface area contributed by atoms with Crippen molar-refractivity contribution in [2.45, 2.75) is 46.2 Å². The molecule has 1 aliphatic heterocycles. The van der Waals surface area contributed by atoms with E-state index in [4.69, 9.17) is 23.2 Å². The monoisotopic (exact) mass is 430 g/mol. The average Bonchev–Trinajstić information content (AvgIpc) is 3.04. The van der Waals surface area contributed by atoms with Gasteiger partial charge in [0.25, 0.3) is 0 Å². The lowest BCUT2D eigenvalue weighted by atomic mass is 10.1. The van der Waals surface area contributed by atoms with Gasteiger partial charge in [0, 0.05) is 29.3 Å². The second-order valence-corrected chi connectivity index (χ2v) is 8.36. The highest BCUT2D eigenvalue weighted by Crippen LogP contribution is 2.42. The molecular weight excluding hydrogens is 411 g/mol. The van der Waals surface area contributed by atoms with Crippen LogP contribution in [0.15, 0.2) is 16.7 Å². The predicted molar refractivity (Wildman–Crippen MR) is 103 cm³/mol. The normalized spacial score (nSPS) is 18.0. The maximum atomic E-state index is 6.68. The van der Waals surface area contributed by atoms with E-state index >= 15 is 0 Å². The van der Waals surface area contributed by atoms with Crippen molar-refractivity contribution in [1.29, 1.82) is 0 Å². The van der Waals surface area contributed by atoms with E-state index in [1.807, 2.05) is 17.7 Å². The van der Waals surface area contributed by atoms with Gasteiger partial charge in [0.1, 0.15) is 11.0 Å². The van der Waals surface area contributed by atoms with E-state index in [-0.39, 0.29) is 6.04 Å². The van der Waals surface area contributed by atoms with Crippen LogP contribution in [-0.2, 0) is 6.54 Å². The van der Waals surface area contributed by atoms with E-state index in [0.29, 0.717) is 10.9 Å². The number of hydrogen-bond acceptors (Lipinski definition) is 3. The van der Waals surface area contributed by atoms with Crippen molar-refractivity contribution in [1.82, 2.24) is 14.8 Å². The molecule has 7 heteroatoms. The molecule has 3 rings (SSSR count). The molecule has 2 aromatic rings. The molecule has 1 aliphatic rings. The quantitative estimate of drug-likeness (QED) is 0.626. The largest absolute Gasteiger partial charge is 0.348 e. The highest BCUT2D eigenvalue weighted by molar-refractivity contribution is 9.10. The average molecular weight is 432 g/mol. The smallest absolute Gasteiger partial charge is 0.147 e. The SMILES string of the molecule is Cc1nn(CC(C)C)c(Cl)c1C1CCCN1c1ncc(Br)cc1Cl. The van der Waals surface area contributed by atoms with E-state index in [2.05, 4.69) is 44.8 Å². The third-order valence-corrected chi connectivity index (χ3v) is 5.40. The van der Waals surface area contributed by atoms with Gasteiger partial charge in [0.15, 0.2) is 0 Å². The molecule has 1 unspecified atom stereocenters. The molecule has 0 amide bonds. The second-order valence-electron chi connectivity index (χ2n) is 6.68. The highest BCUT2D eigenvalue weighted by Gasteiger charge is 2.33. The number of rotatable bonds is 4. The van der Waals surface area contributed by atoms with Crippen LogP contribution in [0.25, 0.3) is 0 Å². The molecule has 0 aromatic carbocycles. The van der Waals surface area contributed by atoms with Crippen molar-refractivity contribution < 1.29 is 0 Å². The summed E-state index contributed by atoms with van der Waals surface area (Å²) in [5, 5.41) is 6.05. The highest BCUT2D eigenvalue weighted by atomic mass is 79.9. The number of aromatic nitrogens is 3. The molecule has 0 N–H and O–H groups in total. The number of nitrogens with zero attached hydrogens (tertiary/aromatic N) is 4. The van der Waals surface area contributed by atoms with Crippen LogP contribution in [0.1, 0.15) is 44.0 Å². The van der Waals surface area contributed by atoms with Gasteiger partial charge in [-0.25, -0.2) is 4.98 Å². The molecule has 3 heterocycles. The van der Waals surface area contributed by atoms with E-state index in [1.165, 1.54) is 0 Å². The van der Waals surface area contributed by atoms with Crippen LogP contribution in [0.5, 0.6) is 0 Å². The minimum Gasteiger partial charge on any atom is -0.348 e. The summed E-state index contributed by atoms with van der Waals surface area (Å²) in [6.07, 6.45) is 3.90. The Bertz CT molecular complexity index is 744. The van der Waals surface area contributed by atoms with Gasteiger partial charge in [-0.05, 0) is 47.7 Å². The molecule has 0 bridgehead atoms. The standard InChI is InChI=1S/C17H21BrCl2N4/c1-10(2)9-24-16(20)15(11(3)22-24)14-5-4-6-23(14)17-13(19)7-12(18)8-21-17/h7-8,10,14H,4-6,9H2,1-3H3. The number of anilines is 1. The minimum atomic E-state index is 0.171. The Morgan fingerprint density at radius 2 is 2.12 bits per heavy atom. The first-order valence-corrected chi connectivity index (χ1v) is 9.74. The van der Waals surface area contributed by atoms with Crippen LogP contribution in [0, 0.1) is 12.8 Å². The number of pyridine rings is 1. The van der Waals surface area contributed by atoms with Crippen LogP contribution in [0.4, 0.5) is 5.82 Å². The van der Waals surface area contributed by atoms with E-state index in [9.17, 15) is 0 Å². The molecule has 0 spiro atoms. The fourth-order valence-electron chi connectivity index (χ4n) is 3.35. The Morgan fingerprint density at radius 3 is 2.79 bits per heavy atom. The number of halogens is 3. The zero-order chi connectivity index (χ0) is 17.4. The Labute approximate surface area is 161 Å². The van der Waals surface area contributed by atoms with Gasteiger partial charge in [-0.3, -0.25) is 4.68 Å². The molecule has 1 saturated heterocycles. The van der Waals surface area contributed by atoms with Gasteiger partial charge >= 0.3 is 0 Å². The van der Waals surface area contributed by atoms with Crippen LogP contribution in [0.3, 0.4) is 0 Å². The summed E-state index contributed by atoms with van der Waals surface area (Å²) in [7, 11) is 0. The van der Waals surface area contributed by atoms with Crippen molar-refractivity contribution in [3.63, 3.8) is 0 Å². The van der Waals surface area contributed by atoms with Crippen molar-refractivity contribution in [3.8, 4) is 0 Å². The summed E-state index contributed by atoms with van der Waals surface area (Å²) in [6, 6.07) is 2.06. The van der Waals surface area contributed by atoms with Crippen LogP contribution < -0.4 is 4.90 Å². The van der Waals surface area contributed by atoms with E-state index in [1.54, 1.807) is 6.20 Å². The fraction of sp³-hybridized carbons (Fsp3) is 0.529. The molecule has 1 fully saturated rings. The lowest BCUT2D eigenvalue weighted by Crippen LogP contribution is -2.24. The summed E-state index contributed by atoms with van der Waals surface area (Å²) in [6.45, 7) is 8.11. The van der Waals surface area contributed by atoms with Gasteiger partial charge in [0.2, 0.25) is 0 Å². The predicted octanol–water partition coefficient (Wildman–Crippen LogP) is 5.65. The topological polar surface area (TPSA) is 34.0 Å². The molecule has 0 saturated carbocycles. The van der Waals surface area contributed by atoms with Gasteiger partial charge in [-0.2, -0.15) is 5.10 Å². The lowest BCUT2D eigenvalue weighted by molar-refractivity contribution is 0.481. The molecule has 4 nitrogen and oxygen atoms in total. The maximum Gasteiger partial charge on any atom is 0.147 e. The summed E-state index contributed by atoms with van der Waals surface area (Å²) in [5.41, 5.74) is 2.10. The van der Waals surface area contributed by atoms with Crippen LogP contribution in [0.2, 0.25) is 10.2 Å². The Hall–Kier alpha value is -0.780. The summed E-state index contributed by atoms with van der Waals surface area (Å²) >= 11 is 16.5. The zero-order valence-corrected chi connectivity index (χ0v) is 17.2. The summed E-state index contributed by atoms with van der Waals surface area (Å²) in [4.78, 5) is 6.78. The first-order valence-electron chi connectivity index (χ1n) is 8.19. The third-order valence-electron chi connectivity index (χ3n) is 4.29. The molecule has 0 aliphatic carbocycles. The van der Waals surface area contributed by atoms with Crippen molar-refractivity contribution in [2.24, 2.45) is 5.92 Å². The molecular formula is C17H21BrCl2N4. The Kier molecular flexibility index (Phi) is 5.42. The maximum absolute atomic E-state index is 6.68. The van der Waals surface area contributed by atoms with Crippen LogP contribution >= 0.6 is 39.1 Å². The van der Waals surface area contributed by atoms with Crippen molar-refractivity contribution >= 4 is 44.9 Å². The second kappa shape index (κ2) is 7.22. The number of aryl methyl sites for hydroxylation is 1. The van der Waals surface area contributed by atoms with Crippen molar-refractivity contribution in [3.05, 3.63) is 38.2 Å². The number of hydrogen-bond donors (Lipinski definition) is 0. The molecule has 24 heavy (non-hydrogen) atoms. The minimum absolute atomic E-state index is 0.171. The Balaban J connectivity index is 1.98. The molecule has 2 aromatic heterocycles. The van der Waals surface area contributed by atoms with Crippen molar-refractivity contribution in [2.75, 3.05) is 11.4 Å². The molecule has 130 valence electrons. The third kappa shape index (κ3) is 3.44. The lowest BCUT2D eigenvalue weighted by Gasteiger charge is -2.27. The van der Waals surface area contributed by atoms with Gasteiger partial charge < -0.3 is 4.90 Å². The molecule has 1 atom stereocenters. The Morgan fingerprint density at radius 1 is 1.38 bits per heavy atom. The summed E-state index contributed by atoms with van der Waals surface area (Å²) in [5.74, 6) is 1.31. The first kappa shape index (κ1) is 18.0.